The highest BCUT2D eigenvalue weighted by molar-refractivity contribution is 6.03. The molecular weight excluding hydrogens is 290 g/mol. The lowest BCUT2D eigenvalue weighted by atomic mass is 10.2. The average Bonchev–Trinajstić information content (AvgIpc) is 2.60. The highest BCUT2D eigenvalue weighted by Gasteiger charge is 2.11. The van der Waals surface area contributed by atoms with Crippen LogP contribution < -0.4 is 10.2 Å². The predicted octanol–water partition coefficient (Wildman–Crippen LogP) is 2.84. The molecule has 0 aliphatic rings. The van der Waals surface area contributed by atoms with Crippen molar-refractivity contribution in [2.24, 2.45) is 0 Å². The fraction of sp³-hybridized carbons (Fsp3) is 0.294. The van der Waals surface area contributed by atoms with Gasteiger partial charge in [-0.1, -0.05) is 13.3 Å². The lowest BCUT2D eigenvalue weighted by Crippen LogP contribution is -2.21. The van der Waals surface area contributed by atoms with Crippen molar-refractivity contribution < 1.29 is 4.79 Å². The number of unbranched alkanes of at least 4 members (excludes halogenated alkanes) is 1. The van der Waals surface area contributed by atoms with E-state index >= 15 is 0 Å². The predicted molar refractivity (Wildman–Crippen MR) is 89.3 cm³/mol. The highest BCUT2D eigenvalue weighted by Crippen LogP contribution is 2.13. The molecule has 0 saturated heterocycles. The average molecular weight is 309 g/mol. The van der Waals surface area contributed by atoms with Gasteiger partial charge in [-0.05, 0) is 30.7 Å². The molecular formula is C17H19N5O. The topological polar surface area (TPSA) is 81.9 Å². The van der Waals surface area contributed by atoms with Crippen molar-refractivity contribution in [3.8, 4) is 6.07 Å². The van der Waals surface area contributed by atoms with Crippen molar-refractivity contribution in [3.05, 3.63) is 47.9 Å². The maximum absolute atomic E-state index is 12.3. The smallest absolute Gasteiger partial charge is 0.274 e. The number of benzene rings is 1. The van der Waals surface area contributed by atoms with Gasteiger partial charge in [0.2, 0.25) is 0 Å². The van der Waals surface area contributed by atoms with Crippen molar-refractivity contribution in [1.82, 2.24) is 9.97 Å². The highest BCUT2D eigenvalue weighted by atomic mass is 16.1. The maximum Gasteiger partial charge on any atom is 0.274 e. The summed E-state index contributed by atoms with van der Waals surface area (Å²) in [7, 11) is 1.94. The van der Waals surface area contributed by atoms with Crippen LogP contribution >= 0.6 is 0 Å². The Morgan fingerprint density at radius 2 is 2.04 bits per heavy atom. The molecule has 0 radical (unpaired) electrons. The minimum atomic E-state index is -0.303. The third-order valence-electron chi connectivity index (χ3n) is 3.40. The van der Waals surface area contributed by atoms with E-state index < -0.39 is 0 Å². The minimum absolute atomic E-state index is 0.303. The van der Waals surface area contributed by atoms with E-state index in [1.54, 1.807) is 30.3 Å². The zero-order valence-corrected chi connectivity index (χ0v) is 13.3. The van der Waals surface area contributed by atoms with Gasteiger partial charge >= 0.3 is 0 Å². The first-order valence-corrected chi connectivity index (χ1v) is 7.48. The summed E-state index contributed by atoms with van der Waals surface area (Å²) in [6.45, 7) is 3.01. The molecule has 6 nitrogen and oxygen atoms in total. The Kier molecular flexibility index (Phi) is 5.64. The molecule has 6 heteroatoms. The standard InChI is InChI=1S/C17H19N5O/c1-3-4-9-22(2)16-10-15(19-12-20-16)17(23)21-14-7-5-13(11-18)6-8-14/h5-8,10,12H,3-4,9H2,1-2H3,(H,21,23). The zero-order valence-electron chi connectivity index (χ0n) is 13.3. The van der Waals surface area contributed by atoms with Gasteiger partial charge in [0.25, 0.3) is 5.91 Å². The molecule has 0 aliphatic heterocycles. The minimum Gasteiger partial charge on any atom is -0.360 e. The molecule has 0 fully saturated rings. The van der Waals surface area contributed by atoms with Gasteiger partial charge in [-0.15, -0.1) is 0 Å². The Morgan fingerprint density at radius 1 is 1.30 bits per heavy atom. The molecule has 2 rings (SSSR count). The number of hydrogen-bond donors (Lipinski definition) is 1. The molecule has 1 aromatic heterocycles. The van der Waals surface area contributed by atoms with Gasteiger partial charge in [0.15, 0.2) is 0 Å². The Hall–Kier alpha value is -2.94. The number of carbonyl (C=O) groups excluding carboxylic acids is 1. The summed E-state index contributed by atoms with van der Waals surface area (Å²) in [4.78, 5) is 22.5. The number of amides is 1. The van der Waals surface area contributed by atoms with Crippen LogP contribution in [-0.2, 0) is 0 Å². The van der Waals surface area contributed by atoms with Crippen LogP contribution in [0.5, 0.6) is 0 Å². The quantitative estimate of drug-likeness (QED) is 0.887. The first-order valence-electron chi connectivity index (χ1n) is 7.48. The Morgan fingerprint density at radius 3 is 2.70 bits per heavy atom. The van der Waals surface area contributed by atoms with E-state index in [1.165, 1.54) is 6.33 Å². The maximum atomic E-state index is 12.3. The van der Waals surface area contributed by atoms with E-state index in [2.05, 4.69) is 22.2 Å². The van der Waals surface area contributed by atoms with Crippen LogP contribution in [0.25, 0.3) is 0 Å². The van der Waals surface area contributed by atoms with Crippen LogP contribution in [0, 0.1) is 11.3 Å². The van der Waals surface area contributed by atoms with Crippen LogP contribution in [0.1, 0.15) is 35.8 Å². The molecule has 0 bridgehead atoms. The van der Waals surface area contributed by atoms with E-state index in [-0.39, 0.29) is 5.91 Å². The van der Waals surface area contributed by atoms with Gasteiger partial charge in [-0.2, -0.15) is 5.26 Å². The van der Waals surface area contributed by atoms with Gasteiger partial charge in [0.05, 0.1) is 11.6 Å². The summed E-state index contributed by atoms with van der Waals surface area (Å²) < 4.78 is 0. The summed E-state index contributed by atoms with van der Waals surface area (Å²) >= 11 is 0. The number of rotatable bonds is 6. The number of carbonyl (C=O) groups is 1. The van der Waals surface area contributed by atoms with E-state index in [0.29, 0.717) is 16.9 Å². The molecule has 0 spiro atoms. The fourth-order valence-electron chi connectivity index (χ4n) is 2.01. The first kappa shape index (κ1) is 16.4. The summed E-state index contributed by atoms with van der Waals surface area (Å²) in [5.74, 6) is 0.417. The van der Waals surface area contributed by atoms with Crippen LogP contribution in [0.3, 0.4) is 0 Å². The fourth-order valence-corrected chi connectivity index (χ4v) is 2.01. The molecule has 1 N–H and O–H groups in total. The van der Waals surface area contributed by atoms with E-state index in [0.717, 1.165) is 25.2 Å². The number of anilines is 2. The van der Waals surface area contributed by atoms with Gasteiger partial charge in [-0.25, -0.2) is 9.97 Å². The van der Waals surface area contributed by atoms with Crippen molar-refractivity contribution in [1.29, 1.82) is 5.26 Å². The van der Waals surface area contributed by atoms with Crippen LogP contribution in [-0.4, -0.2) is 29.5 Å². The van der Waals surface area contributed by atoms with Crippen LogP contribution in [0.2, 0.25) is 0 Å². The normalized spacial score (nSPS) is 9.96. The number of nitriles is 1. The molecule has 0 saturated carbocycles. The summed E-state index contributed by atoms with van der Waals surface area (Å²) in [6.07, 6.45) is 3.56. The lowest BCUT2D eigenvalue weighted by Gasteiger charge is -2.17. The third-order valence-corrected chi connectivity index (χ3v) is 3.40. The molecule has 0 unspecified atom stereocenters. The summed E-state index contributed by atoms with van der Waals surface area (Å²) in [6, 6.07) is 10.4. The monoisotopic (exact) mass is 309 g/mol. The summed E-state index contributed by atoms with van der Waals surface area (Å²) in [5, 5.41) is 11.5. The van der Waals surface area contributed by atoms with Gasteiger partial charge < -0.3 is 10.2 Å². The second kappa shape index (κ2) is 7.90. The molecule has 1 amide bonds. The second-order valence-corrected chi connectivity index (χ2v) is 5.18. The SMILES string of the molecule is CCCCN(C)c1cc(C(=O)Nc2ccc(C#N)cc2)ncn1. The molecule has 1 aromatic carbocycles. The lowest BCUT2D eigenvalue weighted by molar-refractivity contribution is 0.102. The van der Waals surface area contributed by atoms with Crippen LogP contribution in [0.15, 0.2) is 36.7 Å². The van der Waals surface area contributed by atoms with Crippen LogP contribution in [0.4, 0.5) is 11.5 Å². The van der Waals surface area contributed by atoms with E-state index in [4.69, 9.17) is 5.26 Å². The zero-order chi connectivity index (χ0) is 16.7. The Balaban J connectivity index is 2.08. The second-order valence-electron chi connectivity index (χ2n) is 5.18. The Labute approximate surface area is 135 Å². The number of nitrogens with zero attached hydrogens (tertiary/aromatic N) is 4. The van der Waals surface area contributed by atoms with Crippen molar-refractivity contribution >= 4 is 17.4 Å². The number of nitrogens with one attached hydrogen (secondary N) is 1. The molecule has 0 atom stereocenters. The van der Waals surface area contributed by atoms with E-state index in [1.807, 2.05) is 18.0 Å². The Bertz CT molecular complexity index is 706. The molecule has 2 aromatic rings. The first-order chi connectivity index (χ1) is 11.1. The molecule has 0 aliphatic carbocycles. The number of hydrogen-bond acceptors (Lipinski definition) is 5. The largest absolute Gasteiger partial charge is 0.360 e. The molecule has 118 valence electrons. The van der Waals surface area contributed by atoms with Gasteiger partial charge in [-0.3, -0.25) is 4.79 Å². The van der Waals surface area contributed by atoms with Gasteiger partial charge in [0, 0.05) is 25.3 Å². The van der Waals surface area contributed by atoms with Crippen molar-refractivity contribution in [2.45, 2.75) is 19.8 Å². The third kappa shape index (κ3) is 4.51. The summed E-state index contributed by atoms with van der Waals surface area (Å²) in [5.41, 5.74) is 1.47. The molecule has 23 heavy (non-hydrogen) atoms. The van der Waals surface area contributed by atoms with E-state index in [9.17, 15) is 4.79 Å². The van der Waals surface area contributed by atoms with Gasteiger partial charge in [0.1, 0.15) is 17.8 Å². The van der Waals surface area contributed by atoms with Crippen molar-refractivity contribution in [3.63, 3.8) is 0 Å². The van der Waals surface area contributed by atoms with Crippen molar-refractivity contribution in [2.75, 3.05) is 23.8 Å². The molecule has 1 heterocycles. The number of aromatic nitrogens is 2.